The first-order valence-corrected chi connectivity index (χ1v) is 6.73. The number of aryl methyl sites for hydroxylation is 1. The molecule has 0 aliphatic rings. The Hall–Kier alpha value is -1.41. The summed E-state index contributed by atoms with van der Waals surface area (Å²) in [6.07, 6.45) is 2.46. The summed E-state index contributed by atoms with van der Waals surface area (Å²) in [5, 5.41) is 7.31. The molecule has 0 aliphatic carbocycles. The Labute approximate surface area is 100 Å². The predicted molar refractivity (Wildman–Crippen MR) is 64.3 cm³/mol. The van der Waals surface area contributed by atoms with Gasteiger partial charge in [-0.25, -0.2) is 13.4 Å². The smallest absolute Gasteiger partial charge is 0.258 e. The molecule has 0 saturated heterocycles. The molecule has 0 spiro atoms. The van der Waals surface area contributed by atoms with E-state index in [9.17, 15) is 8.42 Å². The van der Waals surface area contributed by atoms with E-state index in [1.807, 2.05) is 6.92 Å². The van der Waals surface area contributed by atoms with Crippen molar-refractivity contribution in [1.82, 2.24) is 14.7 Å². The van der Waals surface area contributed by atoms with Gasteiger partial charge in [0.2, 0.25) is 0 Å². The molecule has 1 aromatic heterocycles. The fourth-order valence-corrected chi connectivity index (χ4v) is 2.57. The van der Waals surface area contributed by atoms with E-state index in [4.69, 9.17) is 11.1 Å². The van der Waals surface area contributed by atoms with Crippen LogP contribution in [0.3, 0.4) is 0 Å². The Bertz CT molecular complexity index is 493. The van der Waals surface area contributed by atoms with Gasteiger partial charge in [-0.05, 0) is 13.3 Å². The second kappa shape index (κ2) is 5.28. The van der Waals surface area contributed by atoms with E-state index in [1.165, 1.54) is 6.20 Å². The van der Waals surface area contributed by atoms with Crippen molar-refractivity contribution < 1.29 is 8.42 Å². The molecule has 0 radical (unpaired) electrons. The van der Waals surface area contributed by atoms with Gasteiger partial charge in [-0.1, -0.05) is 13.3 Å². The number of rotatable bonds is 6. The third kappa shape index (κ3) is 3.53. The Kier molecular flexibility index (Phi) is 4.24. The lowest BCUT2D eigenvalue weighted by atomic mass is 10.2. The van der Waals surface area contributed by atoms with Gasteiger partial charge in [0, 0.05) is 0 Å². The van der Waals surface area contributed by atoms with Crippen molar-refractivity contribution in [2.24, 2.45) is 5.73 Å². The highest BCUT2D eigenvalue weighted by Crippen LogP contribution is 2.07. The topological polar surface area (TPSA) is 125 Å². The molecule has 0 fully saturated rings. The summed E-state index contributed by atoms with van der Waals surface area (Å²) in [6.45, 7) is 3.55. The number of imidazole rings is 1. The number of sulfonamides is 1. The molecule has 8 heteroatoms. The quantitative estimate of drug-likeness (QED) is 0.427. The minimum absolute atomic E-state index is 0.0163. The Balaban J connectivity index is 2.88. The van der Waals surface area contributed by atoms with Crippen LogP contribution < -0.4 is 10.5 Å². The van der Waals surface area contributed by atoms with Gasteiger partial charge in [0.1, 0.15) is 11.7 Å². The monoisotopic (exact) mass is 259 g/mol. The number of nitrogens with zero attached hydrogens (tertiary/aromatic N) is 1. The zero-order valence-electron chi connectivity index (χ0n) is 9.82. The number of nitrogens with two attached hydrogens (primary N) is 1. The summed E-state index contributed by atoms with van der Waals surface area (Å²) in [4.78, 5) is 6.45. The molecule has 0 aromatic carbocycles. The molecule has 17 heavy (non-hydrogen) atoms. The maximum absolute atomic E-state index is 11.9. The van der Waals surface area contributed by atoms with Gasteiger partial charge >= 0.3 is 0 Å². The molecule has 1 aromatic rings. The van der Waals surface area contributed by atoms with Crippen molar-refractivity contribution in [2.45, 2.75) is 37.8 Å². The van der Waals surface area contributed by atoms with Crippen LogP contribution in [0.2, 0.25) is 0 Å². The van der Waals surface area contributed by atoms with Crippen LogP contribution in [-0.2, 0) is 10.0 Å². The molecule has 1 atom stereocenters. The van der Waals surface area contributed by atoms with Crippen molar-refractivity contribution in [1.29, 1.82) is 5.41 Å². The van der Waals surface area contributed by atoms with Crippen LogP contribution in [0.15, 0.2) is 11.2 Å². The van der Waals surface area contributed by atoms with E-state index in [1.54, 1.807) is 6.92 Å². The number of hydrogen-bond donors (Lipinski definition) is 4. The average Bonchev–Trinajstić information content (AvgIpc) is 2.64. The third-order valence-corrected chi connectivity index (χ3v) is 3.60. The molecule has 1 heterocycles. The van der Waals surface area contributed by atoms with E-state index in [0.717, 1.165) is 6.42 Å². The Morgan fingerprint density at radius 1 is 1.71 bits per heavy atom. The molecule has 0 saturated carbocycles. The van der Waals surface area contributed by atoms with E-state index in [0.29, 0.717) is 12.2 Å². The molecule has 1 unspecified atom stereocenters. The standard InChI is InChI=1S/C9H17N5O2S/c1-3-4-7(9(10)11)14-17(15,16)8-5-12-6(2)13-8/h5,7,14H,3-4H2,1-2H3,(H3,10,11)(H,12,13). The lowest BCUT2D eigenvalue weighted by Gasteiger charge is -2.15. The lowest BCUT2D eigenvalue weighted by molar-refractivity contribution is 0.562. The third-order valence-electron chi connectivity index (χ3n) is 2.22. The van der Waals surface area contributed by atoms with Crippen LogP contribution in [-0.4, -0.2) is 30.3 Å². The van der Waals surface area contributed by atoms with Gasteiger partial charge in [-0.2, -0.15) is 4.72 Å². The van der Waals surface area contributed by atoms with Crippen LogP contribution in [0.4, 0.5) is 0 Å². The first-order valence-electron chi connectivity index (χ1n) is 5.24. The van der Waals surface area contributed by atoms with Crippen molar-refractivity contribution in [3.63, 3.8) is 0 Å². The molecule has 96 valence electrons. The second-order valence-electron chi connectivity index (χ2n) is 3.75. The first-order chi connectivity index (χ1) is 7.86. The summed E-state index contributed by atoms with van der Waals surface area (Å²) in [5.41, 5.74) is 5.34. The number of aromatic amines is 1. The number of hydrogen-bond acceptors (Lipinski definition) is 4. The zero-order chi connectivity index (χ0) is 13.1. The molecular weight excluding hydrogens is 242 g/mol. The normalized spacial score (nSPS) is 13.5. The molecular formula is C9H17N5O2S. The van der Waals surface area contributed by atoms with Gasteiger partial charge in [-0.3, -0.25) is 5.41 Å². The van der Waals surface area contributed by atoms with Crippen LogP contribution >= 0.6 is 0 Å². The van der Waals surface area contributed by atoms with Crippen LogP contribution in [0.1, 0.15) is 25.6 Å². The molecule has 0 aliphatic heterocycles. The lowest BCUT2D eigenvalue weighted by Crippen LogP contribution is -2.43. The molecule has 1 rings (SSSR count). The molecule has 0 amide bonds. The Morgan fingerprint density at radius 2 is 2.35 bits per heavy atom. The number of H-pyrrole nitrogens is 1. The fraction of sp³-hybridized carbons (Fsp3) is 0.556. The minimum Gasteiger partial charge on any atom is -0.386 e. The molecule has 5 N–H and O–H groups in total. The zero-order valence-corrected chi connectivity index (χ0v) is 10.6. The number of amidine groups is 1. The second-order valence-corrected chi connectivity index (χ2v) is 5.43. The van der Waals surface area contributed by atoms with Gasteiger partial charge in [0.15, 0.2) is 5.03 Å². The van der Waals surface area contributed by atoms with Crippen LogP contribution in [0.5, 0.6) is 0 Å². The molecule has 7 nitrogen and oxygen atoms in total. The Morgan fingerprint density at radius 3 is 2.76 bits per heavy atom. The minimum atomic E-state index is -3.69. The average molecular weight is 259 g/mol. The fourth-order valence-electron chi connectivity index (χ4n) is 1.35. The SMILES string of the molecule is CCCC(NS(=O)(=O)c1cnc(C)[nH]1)C(=N)N. The molecule has 0 bridgehead atoms. The number of aromatic nitrogens is 2. The van der Waals surface area contributed by atoms with Crippen LogP contribution in [0, 0.1) is 12.3 Å². The van der Waals surface area contributed by atoms with Crippen LogP contribution in [0.25, 0.3) is 0 Å². The summed E-state index contributed by atoms with van der Waals surface area (Å²) in [5.74, 6) is 0.326. The van der Waals surface area contributed by atoms with E-state index < -0.39 is 16.1 Å². The van der Waals surface area contributed by atoms with Gasteiger partial charge in [0.25, 0.3) is 10.0 Å². The van der Waals surface area contributed by atoms with Gasteiger partial charge in [-0.15, -0.1) is 0 Å². The number of nitrogens with one attached hydrogen (secondary N) is 3. The maximum Gasteiger partial charge on any atom is 0.258 e. The van der Waals surface area contributed by atoms with Gasteiger partial charge in [0.05, 0.1) is 12.2 Å². The van der Waals surface area contributed by atoms with Crippen molar-refractivity contribution in [2.75, 3.05) is 0 Å². The van der Waals surface area contributed by atoms with E-state index in [-0.39, 0.29) is 10.9 Å². The summed E-state index contributed by atoms with van der Waals surface area (Å²) in [7, 11) is -3.69. The van der Waals surface area contributed by atoms with Gasteiger partial charge < -0.3 is 10.7 Å². The van der Waals surface area contributed by atoms with Crippen molar-refractivity contribution >= 4 is 15.9 Å². The summed E-state index contributed by atoms with van der Waals surface area (Å²) >= 11 is 0. The van der Waals surface area contributed by atoms with Crippen molar-refractivity contribution in [3.05, 3.63) is 12.0 Å². The highest BCUT2D eigenvalue weighted by Gasteiger charge is 2.22. The predicted octanol–water partition coefficient (Wildman–Crippen LogP) is 0.101. The summed E-state index contributed by atoms with van der Waals surface area (Å²) < 4.78 is 26.2. The largest absolute Gasteiger partial charge is 0.386 e. The first kappa shape index (κ1) is 13.7. The summed E-state index contributed by atoms with van der Waals surface area (Å²) in [6, 6.07) is -0.673. The maximum atomic E-state index is 11.9. The highest BCUT2D eigenvalue weighted by molar-refractivity contribution is 7.89. The van der Waals surface area contributed by atoms with E-state index in [2.05, 4.69) is 14.7 Å². The van der Waals surface area contributed by atoms with E-state index >= 15 is 0 Å². The highest BCUT2D eigenvalue weighted by atomic mass is 32.2. The van der Waals surface area contributed by atoms with Crippen molar-refractivity contribution in [3.8, 4) is 0 Å².